The molecule has 1 N–H and O–H groups in total. The van der Waals surface area contributed by atoms with Crippen LogP contribution < -0.4 is 9.46 Å². The third-order valence-electron chi connectivity index (χ3n) is 3.10. The minimum absolute atomic E-state index is 0.0573. The fourth-order valence-electron chi connectivity index (χ4n) is 2.06. The molecule has 122 valence electrons. The molecular weight excluding hydrogens is 336 g/mol. The van der Waals surface area contributed by atoms with E-state index in [1.54, 1.807) is 18.5 Å². The molecule has 0 atom stereocenters. The van der Waals surface area contributed by atoms with E-state index in [0.29, 0.717) is 12.0 Å². The number of nitrogens with one attached hydrogen (secondary N) is 1. The number of ether oxygens (including phenoxy) is 1. The van der Waals surface area contributed by atoms with Crippen molar-refractivity contribution in [3.05, 3.63) is 54.4 Å². The van der Waals surface area contributed by atoms with E-state index < -0.39 is 6.61 Å². The Bertz CT molecular complexity index is 872. The average molecular weight is 347 g/mol. The maximum Gasteiger partial charge on any atom is 0.387 e. The van der Waals surface area contributed by atoms with Crippen LogP contribution in [0.15, 0.2) is 53.7 Å². The number of aldehydes is 1. The molecule has 2 aromatic carbocycles. The molecular formula is C16H11F2N3O2S. The van der Waals surface area contributed by atoms with Gasteiger partial charge in [0.25, 0.3) is 0 Å². The molecule has 0 bridgehead atoms. The van der Waals surface area contributed by atoms with Crippen molar-refractivity contribution >= 4 is 35.0 Å². The molecule has 0 aliphatic heterocycles. The average Bonchev–Trinajstić information content (AvgIpc) is 2.59. The summed E-state index contributed by atoms with van der Waals surface area (Å²) in [6.07, 6.45) is 3.67. The molecule has 0 saturated heterocycles. The first-order valence-corrected chi connectivity index (χ1v) is 7.65. The van der Waals surface area contributed by atoms with Crippen LogP contribution in [0.25, 0.3) is 11.0 Å². The monoisotopic (exact) mass is 347 g/mol. The van der Waals surface area contributed by atoms with Crippen LogP contribution in [0.1, 0.15) is 10.4 Å². The number of halogens is 2. The largest absolute Gasteiger partial charge is 0.434 e. The molecule has 5 nitrogen and oxygen atoms in total. The number of para-hydroxylation sites is 1. The van der Waals surface area contributed by atoms with Gasteiger partial charge in [0.05, 0.1) is 16.0 Å². The van der Waals surface area contributed by atoms with Crippen molar-refractivity contribution in [2.75, 3.05) is 4.72 Å². The van der Waals surface area contributed by atoms with Gasteiger partial charge in [0, 0.05) is 24.1 Å². The summed E-state index contributed by atoms with van der Waals surface area (Å²) in [7, 11) is 0. The molecule has 3 aromatic rings. The van der Waals surface area contributed by atoms with Gasteiger partial charge in [0.2, 0.25) is 0 Å². The lowest BCUT2D eigenvalue weighted by atomic mass is 10.2. The van der Waals surface area contributed by atoms with Gasteiger partial charge in [0.15, 0.2) is 6.29 Å². The number of carbonyl (C=O) groups excluding carboxylic acids is 1. The number of nitrogens with zero attached hydrogens (tertiary/aromatic N) is 2. The van der Waals surface area contributed by atoms with Crippen LogP contribution >= 0.6 is 11.9 Å². The van der Waals surface area contributed by atoms with Crippen molar-refractivity contribution in [1.29, 1.82) is 0 Å². The predicted molar refractivity (Wildman–Crippen MR) is 87.5 cm³/mol. The Hall–Kier alpha value is -2.74. The minimum atomic E-state index is -3.00. The van der Waals surface area contributed by atoms with Crippen LogP contribution in [0.2, 0.25) is 0 Å². The van der Waals surface area contributed by atoms with Gasteiger partial charge in [-0.3, -0.25) is 14.8 Å². The second-order valence-electron chi connectivity index (χ2n) is 4.63. The van der Waals surface area contributed by atoms with Crippen LogP contribution in [-0.2, 0) is 0 Å². The lowest BCUT2D eigenvalue weighted by Gasteiger charge is -2.11. The van der Waals surface area contributed by atoms with E-state index in [2.05, 4.69) is 19.4 Å². The molecule has 0 amide bonds. The smallest absolute Gasteiger partial charge is 0.387 e. The second kappa shape index (κ2) is 7.22. The fourth-order valence-corrected chi connectivity index (χ4v) is 2.81. The van der Waals surface area contributed by atoms with Crippen LogP contribution in [-0.4, -0.2) is 22.9 Å². The SMILES string of the molecule is O=Cc1ccc(NSc2cccc3nccnc23)cc1OC(F)F. The van der Waals surface area contributed by atoms with Crippen molar-refractivity contribution in [2.45, 2.75) is 11.5 Å². The first kappa shape index (κ1) is 16.1. The number of alkyl halides is 2. The maximum absolute atomic E-state index is 12.4. The Kier molecular flexibility index (Phi) is 4.85. The van der Waals surface area contributed by atoms with E-state index in [4.69, 9.17) is 0 Å². The Morgan fingerprint density at radius 2 is 2.00 bits per heavy atom. The number of fused-ring (bicyclic) bond motifs is 1. The zero-order chi connectivity index (χ0) is 16.9. The fraction of sp³-hybridized carbons (Fsp3) is 0.0625. The van der Waals surface area contributed by atoms with E-state index in [1.165, 1.54) is 24.1 Å². The number of hydrogen-bond donors (Lipinski definition) is 1. The molecule has 0 aliphatic rings. The summed E-state index contributed by atoms with van der Waals surface area (Å²) in [5.74, 6) is -0.177. The number of hydrogen-bond acceptors (Lipinski definition) is 6. The summed E-state index contributed by atoms with van der Waals surface area (Å²) in [6.45, 7) is -3.00. The predicted octanol–water partition coefficient (Wildman–Crippen LogP) is 4.16. The molecule has 0 unspecified atom stereocenters. The molecule has 3 rings (SSSR count). The topological polar surface area (TPSA) is 64.1 Å². The third kappa shape index (κ3) is 3.60. The summed E-state index contributed by atoms with van der Waals surface area (Å²) < 4.78 is 32.2. The summed E-state index contributed by atoms with van der Waals surface area (Å²) in [5.41, 5.74) is 2.05. The zero-order valence-electron chi connectivity index (χ0n) is 12.1. The highest BCUT2D eigenvalue weighted by Crippen LogP contribution is 2.29. The first-order valence-electron chi connectivity index (χ1n) is 6.84. The van der Waals surface area contributed by atoms with Crippen molar-refractivity contribution in [2.24, 2.45) is 0 Å². The minimum Gasteiger partial charge on any atom is -0.434 e. The van der Waals surface area contributed by atoms with E-state index >= 15 is 0 Å². The zero-order valence-corrected chi connectivity index (χ0v) is 13.0. The maximum atomic E-state index is 12.4. The van der Waals surface area contributed by atoms with Crippen molar-refractivity contribution in [3.63, 3.8) is 0 Å². The molecule has 1 aromatic heterocycles. The number of aromatic nitrogens is 2. The van der Waals surface area contributed by atoms with Crippen molar-refractivity contribution in [3.8, 4) is 5.75 Å². The van der Waals surface area contributed by atoms with Gasteiger partial charge >= 0.3 is 6.61 Å². The Labute approximate surface area is 140 Å². The van der Waals surface area contributed by atoms with E-state index in [0.717, 1.165) is 15.9 Å². The highest BCUT2D eigenvalue weighted by Gasteiger charge is 2.11. The van der Waals surface area contributed by atoms with Crippen LogP contribution in [0, 0.1) is 0 Å². The second-order valence-corrected chi connectivity index (χ2v) is 5.48. The molecule has 0 radical (unpaired) electrons. The summed E-state index contributed by atoms with van der Waals surface area (Å²) in [6, 6.07) is 9.93. The van der Waals surface area contributed by atoms with Crippen LogP contribution in [0.4, 0.5) is 14.5 Å². The first-order chi connectivity index (χ1) is 11.7. The number of rotatable bonds is 6. The Morgan fingerprint density at radius 3 is 2.79 bits per heavy atom. The lowest BCUT2D eigenvalue weighted by molar-refractivity contribution is -0.0500. The van der Waals surface area contributed by atoms with Gasteiger partial charge in [-0.05, 0) is 36.2 Å². The number of carbonyl (C=O) groups is 1. The summed E-state index contributed by atoms with van der Waals surface area (Å²) >= 11 is 1.26. The van der Waals surface area contributed by atoms with Gasteiger partial charge in [-0.2, -0.15) is 8.78 Å². The standard InChI is InChI=1S/C16H11F2N3O2S/c17-16(18)23-13-8-11(5-4-10(13)9-22)21-24-14-3-1-2-12-15(14)20-7-6-19-12/h1-9,16,21H. The number of anilines is 1. The third-order valence-corrected chi connectivity index (χ3v) is 3.98. The van der Waals surface area contributed by atoms with E-state index in [-0.39, 0.29) is 11.3 Å². The Balaban J connectivity index is 1.82. The molecule has 0 aliphatic carbocycles. The van der Waals surface area contributed by atoms with E-state index in [9.17, 15) is 13.6 Å². The quantitative estimate of drug-likeness (QED) is 0.533. The van der Waals surface area contributed by atoms with Gasteiger partial charge in [-0.25, -0.2) is 0 Å². The van der Waals surface area contributed by atoms with Gasteiger partial charge in [-0.15, -0.1) is 0 Å². The Morgan fingerprint density at radius 1 is 1.17 bits per heavy atom. The van der Waals surface area contributed by atoms with Crippen molar-refractivity contribution in [1.82, 2.24) is 9.97 Å². The molecule has 1 heterocycles. The molecule has 24 heavy (non-hydrogen) atoms. The van der Waals surface area contributed by atoms with Gasteiger partial charge in [0.1, 0.15) is 11.3 Å². The summed E-state index contributed by atoms with van der Waals surface area (Å²) in [5, 5.41) is 0. The van der Waals surface area contributed by atoms with E-state index in [1.807, 2.05) is 18.2 Å². The molecule has 0 spiro atoms. The van der Waals surface area contributed by atoms with Crippen LogP contribution in [0.5, 0.6) is 5.75 Å². The van der Waals surface area contributed by atoms with Crippen LogP contribution in [0.3, 0.4) is 0 Å². The highest BCUT2D eigenvalue weighted by atomic mass is 32.2. The number of benzene rings is 2. The van der Waals surface area contributed by atoms with Crippen molar-refractivity contribution < 1.29 is 18.3 Å². The van der Waals surface area contributed by atoms with Gasteiger partial charge in [-0.1, -0.05) is 6.07 Å². The molecule has 0 saturated carbocycles. The van der Waals surface area contributed by atoms with Gasteiger partial charge < -0.3 is 9.46 Å². The highest BCUT2D eigenvalue weighted by molar-refractivity contribution is 8.00. The lowest BCUT2D eigenvalue weighted by Crippen LogP contribution is -2.04. The normalized spacial score (nSPS) is 10.8. The molecule has 8 heteroatoms. The molecule has 0 fully saturated rings. The summed E-state index contributed by atoms with van der Waals surface area (Å²) in [4.78, 5) is 20.2.